The van der Waals surface area contributed by atoms with Gasteiger partial charge in [0.15, 0.2) is 0 Å². The molecule has 0 radical (unpaired) electrons. The molecule has 0 aliphatic carbocycles. The summed E-state index contributed by atoms with van der Waals surface area (Å²) in [6.45, 7) is 1.86. The zero-order chi connectivity index (χ0) is 12.1. The standard InChI is InChI=1S/C12H16O4/c1-8-6-9(15-2)4-5-10(8)11(13)7-12(14)16-3/h4-6,11,13H,7H2,1-3H3/t11-/m0/s1. The highest BCUT2D eigenvalue weighted by Gasteiger charge is 2.15. The van der Waals surface area contributed by atoms with E-state index in [4.69, 9.17) is 4.74 Å². The summed E-state index contributed by atoms with van der Waals surface area (Å²) in [7, 11) is 2.88. The molecule has 88 valence electrons. The lowest BCUT2D eigenvalue weighted by Gasteiger charge is -2.13. The third-order valence-electron chi connectivity index (χ3n) is 2.42. The van der Waals surface area contributed by atoms with Crippen molar-refractivity contribution in [2.24, 2.45) is 0 Å². The number of esters is 1. The summed E-state index contributed by atoms with van der Waals surface area (Å²) >= 11 is 0. The molecule has 0 spiro atoms. The molecule has 0 amide bonds. The molecule has 1 aromatic carbocycles. The van der Waals surface area contributed by atoms with E-state index in [1.54, 1.807) is 19.2 Å². The first-order valence-corrected chi connectivity index (χ1v) is 4.98. The fraction of sp³-hybridized carbons (Fsp3) is 0.417. The van der Waals surface area contributed by atoms with Crippen LogP contribution in [0.2, 0.25) is 0 Å². The van der Waals surface area contributed by atoms with Crippen molar-refractivity contribution in [3.8, 4) is 5.75 Å². The van der Waals surface area contributed by atoms with Gasteiger partial charge < -0.3 is 14.6 Å². The molecule has 0 unspecified atom stereocenters. The quantitative estimate of drug-likeness (QED) is 0.789. The van der Waals surface area contributed by atoms with Gasteiger partial charge in [-0.25, -0.2) is 0 Å². The minimum absolute atomic E-state index is 0.0380. The maximum atomic E-state index is 11.0. The number of aryl methyl sites for hydroxylation is 1. The second-order valence-electron chi connectivity index (χ2n) is 3.52. The molecule has 0 saturated carbocycles. The number of rotatable bonds is 4. The number of hydrogen-bond acceptors (Lipinski definition) is 4. The molecule has 1 atom stereocenters. The maximum absolute atomic E-state index is 11.0. The van der Waals surface area contributed by atoms with Crippen molar-refractivity contribution >= 4 is 5.97 Å². The maximum Gasteiger partial charge on any atom is 0.308 e. The third-order valence-corrected chi connectivity index (χ3v) is 2.42. The lowest BCUT2D eigenvalue weighted by atomic mass is 10.0. The first-order valence-electron chi connectivity index (χ1n) is 4.98. The van der Waals surface area contributed by atoms with Crippen LogP contribution in [0.15, 0.2) is 18.2 Å². The Morgan fingerprint density at radius 1 is 1.44 bits per heavy atom. The number of carbonyl (C=O) groups is 1. The van der Waals surface area contributed by atoms with Gasteiger partial charge in [0.2, 0.25) is 0 Å². The van der Waals surface area contributed by atoms with E-state index in [0.29, 0.717) is 5.56 Å². The number of benzene rings is 1. The molecule has 0 saturated heterocycles. The lowest BCUT2D eigenvalue weighted by molar-refractivity contribution is -0.142. The number of methoxy groups -OCH3 is 2. The minimum atomic E-state index is -0.835. The van der Waals surface area contributed by atoms with E-state index >= 15 is 0 Å². The second kappa shape index (κ2) is 5.51. The van der Waals surface area contributed by atoms with Gasteiger partial charge in [0.05, 0.1) is 26.7 Å². The summed E-state index contributed by atoms with van der Waals surface area (Å²) in [4.78, 5) is 11.0. The van der Waals surface area contributed by atoms with E-state index in [1.807, 2.05) is 13.0 Å². The van der Waals surface area contributed by atoms with Crippen molar-refractivity contribution in [1.82, 2.24) is 0 Å². The van der Waals surface area contributed by atoms with Crippen LogP contribution in [0.3, 0.4) is 0 Å². The number of carbonyl (C=O) groups excluding carboxylic acids is 1. The van der Waals surface area contributed by atoms with Gasteiger partial charge >= 0.3 is 5.97 Å². The molecule has 0 aliphatic rings. The predicted molar refractivity (Wildman–Crippen MR) is 59.3 cm³/mol. The van der Waals surface area contributed by atoms with Gasteiger partial charge in [-0.3, -0.25) is 4.79 Å². The Morgan fingerprint density at radius 2 is 2.12 bits per heavy atom. The molecule has 0 heterocycles. The van der Waals surface area contributed by atoms with Crippen LogP contribution in [0, 0.1) is 6.92 Å². The van der Waals surface area contributed by atoms with Crippen LogP contribution in [0.25, 0.3) is 0 Å². The summed E-state index contributed by atoms with van der Waals surface area (Å²) < 4.78 is 9.56. The van der Waals surface area contributed by atoms with E-state index in [0.717, 1.165) is 11.3 Å². The largest absolute Gasteiger partial charge is 0.497 e. The SMILES string of the molecule is COC(=O)C[C@H](O)c1ccc(OC)cc1C. The Morgan fingerprint density at radius 3 is 2.62 bits per heavy atom. The van der Waals surface area contributed by atoms with Crippen LogP contribution in [0.5, 0.6) is 5.75 Å². The van der Waals surface area contributed by atoms with Crippen molar-refractivity contribution in [3.05, 3.63) is 29.3 Å². The molecular formula is C12H16O4. The topological polar surface area (TPSA) is 55.8 Å². The van der Waals surface area contributed by atoms with Gasteiger partial charge in [0.25, 0.3) is 0 Å². The fourth-order valence-corrected chi connectivity index (χ4v) is 1.50. The minimum Gasteiger partial charge on any atom is -0.497 e. The zero-order valence-electron chi connectivity index (χ0n) is 9.69. The van der Waals surface area contributed by atoms with Crippen LogP contribution in [-0.4, -0.2) is 25.3 Å². The second-order valence-corrected chi connectivity index (χ2v) is 3.52. The van der Waals surface area contributed by atoms with Crippen molar-refractivity contribution in [2.45, 2.75) is 19.4 Å². The van der Waals surface area contributed by atoms with Crippen LogP contribution in [0.4, 0.5) is 0 Å². The van der Waals surface area contributed by atoms with E-state index in [-0.39, 0.29) is 6.42 Å². The predicted octanol–water partition coefficient (Wildman–Crippen LogP) is 1.60. The molecule has 1 aromatic rings. The molecule has 0 aliphatic heterocycles. The molecule has 0 bridgehead atoms. The molecule has 0 fully saturated rings. The highest BCUT2D eigenvalue weighted by atomic mass is 16.5. The highest BCUT2D eigenvalue weighted by molar-refractivity contribution is 5.70. The van der Waals surface area contributed by atoms with Gasteiger partial charge in [-0.2, -0.15) is 0 Å². The number of aliphatic hydroxyl groups excluding tert-OH is 1. The fourth-order valence-electron chi connectivity index (χ4n) is 1.50. The number of hydrogen-bond donors (Lipinski definition) is 1. The summed E-state index contributed by atoms with van der Waals surface area (Å²) in [5.41, 5.74) is 1.60. The Labute approximate surface area is 94.8 Å². The Hall–Kier alpha value is -1.55. The van der Waals surface area contributed by atoms with Gasteiger partial charge in [-0.1, -0.05) is 6.07 Å². The average molecular weight is 224 g/mol. The zero-order valence-corrected chi connectivity index (χ0v) is 9.69. The monoisotopic (exact) mass is 224 g/mol. The molecule has 16 heavy (non-hydrogen) atoms. The smallest absolute Gasteiger partial charge is 0.308 e. The Balaban J connectivity index is 2.83. The van der Waals surface area contributed by atoms with E-state index in [1.165, 1.54) is 7.11 Å². The Kier molecular flexibility index (Phi) is 4.31. The molecule has 0 aromatic heterocycles. The molecule has 1 rings (SSSR count). The van der Waals surface area contributed by atoms with Gasteiger partial charge in [-0.05, 0) is 30.2 Å². The number of ether oxygens (including phenoxy) is 2. The van der Waals surface area contributed by atoms with Gasteiger partial charge in [-0.15, -0.1) is 0 Å². The van der Waals surface area contributed by atoms with Crippen LogP contribution in [0.1, 0.15) is 23.7 Å². The van der Waals surface area contributed by atoms with Crippen LogP contribution >= 0.6 is 0 Å². The van der Waals surface area contributed by atoms with Gasteiger partial charge in [0, 0.05) is 0 Å². The lowest BCUT2D eigenvalue weighted by Crippen LogP contribution is -2.09. The first-order chi connectivity index (χ1) is 7.58. The first kappa shape index (κ1) is 12.5. The van der Waals surface area contributed by atoms with Crippen molar-refractivity contribution < 1.29 is 19.4 Å². The number of aliphatic hydroxyl groups is 1. The summed E-state index contributed by atoms with van der Waals surface area (Å²) in [6.07, 6.45) is -0.873. The summed E-state index contributed by atoms with van der Waals surface area (Å²) in [5.74, 6) is 0.300. The molecular weight excluding hydrogens is 208 g/mol. The van der Waals surface area contributed by atoms with Crippen LogP contribution < -0.4 is 4.74 Å². The highest BCUT2D eigenvalue weighted by Crippen LogP contribution is 2.24. The van der Waals surface area contributed by atoms with Crippen molar-refractivity contribution in [1.29, 1.82) is 0 Å². The molecule has 1 N–H and O–H groups in total. The van der Waals surface area contributed by atoms with Crippen molar-refractivity contribution in [3.63, 3.8) is 0 Å². The molecule has 4 nitrogen and oxygen atoms in total. The summed E-state index contributed by atoms with van der Waals surface area (Å²) in [6, 6.07) is 5.32. The summed E-state index contributed by atoms with van der Waals surface area (Å²) in [5, 5.41) is 9.82. The average Bonchev–Trinajstić information content (AvgIpc) is 2.28. The normalized spacial score (nSPS) is 12.0. The van der Waals surface area contributed by atoms with Crippen LogP contribution in [-0.2, 0) is 9.53 Å². The van der Waals surface area contributed by atoms with E-state index in [2.05, 4.69) is 4.74 Å². The van der Waals surface area contributed by atoms with Crippen molar-refractivity contribution in [2.75, 3.05) is 14.2 Å². The van der Waals surface area contributed by atoms with Gasteiger partial charge in [0.1, 0.15) is 5.75 Å². The third kappa shape index (κ3) is 2.97. The molecule has 4 heteroatoms. The van der Waals surface area contributed by atoms with E-state index in [9.17, 15) is 9.90 Å². The Bertz CT molecular complexity index is 373. The van der Waals surface area contributed by atoms with E-state index < -0.39 is 12.1 Å².